The molecule has 3 atom stereocenters. The number of aliphatic hydroxyl groups is 2. The van der Waals surface area contributed by atoms with E-state index in [1.54, 1.807) is 7.05 Å². The van der Waals surface area contributed by atoms with Crippen LogP contribution >= 0.6 is 0 Å². The molecule has 3 aromatic carbocycles. The minimum Gasteiger partial charge on any atom is -0.388 e. The number of rotatable bonds is 4. The monoisotopic (exact) mass is 307 g/mol. The fraction of sp³-hybridized carbons (Fsp3) is 0.300. The molecule has 3 unspecified atom stereocenters. The van der Waals surface area contributed by atoms with E-state index in [1.807, 2.05) is 6.92 Å². The third kappa shape index (κ3) is 2.16. The SMILES string of the molecule is CNC(O)C(C)C(O)c1cc2c3c(ccc4cccc(c43)C2)c1. The predicted molar refractivity (Wildman–Crippen MR) is 93.5 cm³/mol. The smallest absolute Gasteiger partial charge is 0.110 e. The minimum absolute atomic E-state index is 0.280. The van der Waals surface area contributed by atoms with Gasteiger partial charge in [-0.05, 0) is 57.8 Å². The largest absolute Gasteiger partial charge is 0.388 e. The summed E-state index contributed by atoms with van der Waals surface area (Å²) in [6.07, 6.45) is -0.511. The van der Waals surface area contributed by atoms with Crippen LogP contribution in [0, 0.1) is 5.92 Å². The van der Waals surface area contributed by atoms with Crippen molar-refractivity contribution in [2.45, 2.75) is 25.7 Å². The Kier molecular flexibility index (Phi) is 3.38. The van der Waals surface area contributed by atoms with Crippen LogP contribution in [0.4, 0.5) is 0 Å². The number of benzene rings is 3. The predicted octanol–water partition coefficient (Wildman–Crippen LogP) is 3.10. The van der Waals surface area contributed by atoms with E-state index in [0.29, 0.717) is 0 Å². The molecule has 0 aliphatic heterocycles. The average Bonchev–Trinajstić information content (AvgIpc) is 2.97. The van der Waals surface area contributed by atoms with Crippen LogP contribution in [0.3, 0.4) is 0 Å². The van der Waals surface area contributed by atoms with Crippen LogP contribution in [0.25, 0.3) is 21.5 Å². The summed E-state index contributed by atoms with van der Waals surface area (Å²) in [4.78, 5) is 0. The maximum absolute atomic E-state index is 10.7. The first kappa shape index (κ1) is 14.6. The van der Waals surface area contributed by atoms with E-state index in [9.17, 15) is 10.2 Å². The summed E-state index contributed by atoms with van der Waals surface area (Å²) in [7, 11) is 1.70. The molecule has 1 aliphatic rings. The van der Waals surface area contributed by atoms with Crippen LogP contribution in [0.2, 0.25) is 0 Å². The Labute approximate surface area is 135 Å². The van der Waals surface area contributed by atoms with Crippen molar-refractivity contribution in [2.75, 3.05) is 7.05 Å². The standard InChI is InChI=1S/C20H21NO2/c1-11(20(23)21-2)19(22)16-9-14-7-6-12-4-3-5-13-8-15(10-16)18(14)17(12)13/h3-7,9-11,19-23H,8H2,1-2H3. The lowest BCUT2D eigenvalue weighted by Gasteiger charge is -2.24. The highest BCUT2D eigenvalue weighted by Gasteiger charge is 2.25. The van der Waals surface area contributed by atoms with E-state index in [4.69, 9.17) is 0 Å². The maximum atomic E-state index is 10.7. The molecule has 0 bridgehead atoms. The Balaban J connectivity index is 1.86. The molecule has 0 amide bonds. The molecule has 0 radical (unpaired) electrons. The van der Waals surface area contributed by atoms with E-state index in [-0.39, 0.29) is 5.92 Å². The molecule has 23 heavy (non-hydrogen) atoms. The highest BCUT2D eigenvalue weighted by molar-refractivity contribution is 6.13. The van der Waals surface area contributed by atoms with Gasteiger partial charge >= 0.3 is 0 Å². The molecule has 3 heteroatoms. The Morgan fingerprint density at radius 2 is 1.70 bits per heavy atom. The Hall–Kier alpha value is -1.94. The van der Waals surface area contributed by atoms with Gasteiger partial charge in [-0.15, -0.1) is 0 Å². The van der Waals surface area contributed by atoms with Gasteiger partial charge in [-0.2, -0.15) is 0 Å². The third-order valence-corrected chi connectivity index (χ3v) is 5.16. The van der Waals surface area contributed by atoms with E-state index in [1.165, 1.54) is 32.7 Å². The molecule has 3 nitrogen and oxygen atoms in total. The summed E-state index contributed by atoms with van der Waals surface area (Å²) in [5.74, 6) is -0.280. The Morgan fingerprint density at radius 3 is 2.48 bits per heavy atom. The quantitative estimate of drug-likeness (QED) is 0.401. The summed E-state index contributed by atoms with van der Waals surface area (Å²) < 4.78 is 0. The molecule has 0 aromatic heterocycles. The second-order valence-electron chi connectivity index (χ2n) is 6.57. The lowest BCUT2D eigenvalue weighted by molar-refractivity contribution is 0.00696. The number of hydrogen-bond acceptors (Lipinski definition) is 3. The molecule has 3 N–H and O–H groups in total. The Bertz CT molecular complexity index is 903. The summed E-state index contributed by atoms with van der Waals surface area (Å²) in [5.41, 5.74) is 3.51. The number of hydrogen-bond donors (Lipinski definition) is 3. The van der Waals surface area contributed by atoms with Crippen molar-refractivity contribution in [3.05, 3.63) is 59.2 Å². The van der Waals surface area contributed by atoms with Gasteiger partial charge in [-0.3, -0.25) is 5.32 Å². The molecule has 1 aliphatic carbocycles. The van der Waals surface area contributed by atoms with Crippen LogP contribution in [-0.2, 0) is 6.42 Å². The fourth-order valence-electron chi connectivity index (χ4n) is 3.83. The second-order valence-corrected chi connectivity index (χ2v) is 6.57. The second kappa shape index (κ2) is 5.31. The highest BCUT2D eigenvalue weighted by Crippen LogP contribution is 2.40. The molecule has 0 saturated carbocycles. The van der Waals surface area contributed by atoms with Crippen molar-refractivity contribution in [1.29, 1.82) is 0 Å². The minimum atomic E-state index is -0.728. The van der Waals surface area contributed by atoms with Crippen LogP contribution < -0.4 is 5.32 Å². The van der Waals surface area contributed by atoms with E-state index >= 15 is 0 Å². The van der Waals surface area contributed by atoms with Gasteiger partial charge in [0, 0.05) is 5.92 Å². The first-order chi connectivity index (χ1) is 11.1. The topological polar surface area (TPSA) is 52.5 Å². The maximum Gasteiger partial charge on any atom is 0.110 e. The lowest BCUT2D eigenvalue weighted by Crippen LogP contribution is -2.35. The molecule has 0 spiro atoms. The van der Waals surface area contributed by atoms with Crippen LogP contribution in [0.1, 0.15) is 29.7 Å². The molecule has 0 fully saturated rings. The molecule has 3 aromatic rings. The summed E-state index contributed by atoms with van der Waals surface area (Å²) in [6.45, 7) is 1.85. The van der Waals surface area contributed by atoms with E-state index < -0.39 is 12.3 Å². The molecule has 4 rings (SSSR count). The van der Waals surface area contributed by atoms with Crippen molar-refractivity contribution in [2.24, 2.45) is 5.92 Å². The van der Waals surface area contributed by atoms with Crippen LogP contribution in [0.5, 0.6) is 0 Å². The first-order valence-electron chi connectivity index (χ1n) is 8.10. The van der Waals surface area contributed by atoms with Crippen molar-refractivity contribution in [3.63, 3.8) is 0 Å². The summed E-state index contributed by atoms with van der Waals surface area (Å²) >= 11 is 0. The average molecular weight is 307 g/mol. The van der Waals surface area contributed by atoms with Gasteiger partial charge in [-0.1, -0.05) is 43.3 Å². The van der Waals surface area contributed by atoms with Gasteiger partial charge in [0.2, 0.25) is 0 Å². The normalized spacial score (nSPS) is 17.0. The van der Waals surface area contributed by atoms with E-state index in [0.717, 1.165) is 12.0 Å². The molecule has 118 valence electrons. The van der Waals surface area contributed by atoms with Crippen molar-refractivity contribution < 1.29 is 10.2 Å². The van der Waals surface area contributed by atoms with Gasteiger partial charge in [0.15, 0.2) is 0 Å². The van der Waals surface area contributed by atoms with Crippen molar-refractivity contribution in [1.82, 2.24) is 5.32 Å². The van der Waals surface area contributed by atoms with Crippen molar-refractivity contribution >= 4 is 21.5 Å². The zero-order valence-electron chi connectivity index (χ0n) is 13.4. The van der Waals surface area contributed by atoms with Crippen LogP contribution in [-0.4, -0.2) is 23.5 Å². The van der Waals surface area contributed by atoms with Gasteiger partial charge in [-0.25, -0.2) is 0 Å². The molecular formula is C20H21NO2. The fourth-order valence-corrected chi connectivity index (χ4v) is 3.83. The third-order valence-electron chi connectivity index (χ3n) is 5.16. The van der Waals surface area contributed by atoms with Gasteiger partial charge in [0.1, 0.15) is 6.23 Å². The van der Waals surface area contributed by atoms with Gasteiger partial charge in [0.25, 0.3) is 0 Å². The summed E-state index contributed by atoms with van der Waals surface area (Å²) in [6, 6.07) is 14.9. The molecule has 0 saturated heterocycles. The number of aliphatic hydroxyl groups excluding tert-OH is 2. The Morgan fingerprint density at radius 1 is 0.957 bits per heavy atom. The first-order valence-corrected chi connectivity index (χ1v) is 8.10. The van der Waals surface area contributed by atoms with Crippen molar-refractivity contribution in [3.8, 4) is 0 Å². The molecular weight excluding hydrogens is 286 g/mol. The lowest BCUT2D eigenvalue weighted by atomic mass is 9.92. The number of nitrogens with one attached hydrogen (secondary N) is 1. The molecule has 0 heterocycles. The zero-order valence-corrected chi connectivity index (χ0v) is 13.4. The van der Waals surface area contributed by atoms with Gasteiger partial charge < -0.3 is 10.2 Å². The zero-order chi connectivity index (χ0) is 16.1. The van der Waals surface area contributed by atoms with E-state index in [2.05, 4.69) is 47.8 Å². The van der Waals surface area contributed by atoms with Crippen LogP contribution in [0.15, 0.2) is 42.5 Å². The highest BCUT2D eigenvalue weighted by atomic mass is 16.3. The summed E-state index contributed by atoms with van der Waals surface area (Å²) in [5, 5.41) is 28.5. The van der Waals surface area contributed by atoms with Gasteiger partial charge in [0.05, 0.1) is 6.10 Å².